The van der Waals surface area contributed by atoms with Gasteiger partial charge in [-0.05, 0) is 64.2 Å². The number of benzene rings is 1. The van der Waals surface area contributed by atoms with E-state index in [1.54, 1.807) is 0 Å². The summed E-state index contributed by atoms with van der Waals surface area (Å²) in [4.78, 5) is 0. The maximum absolute atomic E-state index is 6.15. The summed E-state index contributed by atoms with van der Waals surface area (Å²) in [7, 11) is 0. The average Bonchev–Trinajstić information content (AvgIpc) is 2.35. The molecule has 20 heavy (non-hydrogen) atoms. The van der Waals surface area contributed by atoms with Crippen molar-refractivity contribution in [1.29, 1.82) is 0 Å². The second-order valence-electron chi connectivity index (χ2n) is 6.72. The maximum atomic E-state index is 6.15. The molecule has 1 aromatic carbocycles. The van der Waals surface area contributed by atoms with Gasteiger partial charge in [0.15, 0.2) is 0 Å². The fourth-order valence-electron chi connectivity index (χ4n) is 2.32. The molecule has 1 rings (SSSR count). The highest BCUT2D eigenvalue weighted by Gasteiger charge is 2.13. The first-order chi connectivity index (χ1) is 9.26. The van der Waals surface area contributed by atoms with Gasteiger partial charge in [0.25, 0.3) is 0 Å². The molecule has 0 spiro atoms. The van der Waals surface area contributed by atoms with Crippen molar-refractivity contribution in [3.63, 3.8) is 0 Å². The molecule has 2 heteroatoms. The molecule has 0 aliphatic heterocycles. The lowest BCUT2D eigenvalue weighted by Gasteiger charge is -2.23. The van der Waals surface area contributed by atoms with Crippen molar-refractivity contribution in [3.05, 3.63) is 28.8 Å². The molecule has 0 aromatic heterocycles. The molecule has 0 saturated carbocycles. The Morgan fingerprint density at radius 3 is 1.95 bits per heavy atom. The monoisotopic (exact) mass is 277 g/mol. The Morgan fingerprint density at radius 2 is 1.55 bits per heavy atom. The van der Waals surface area contributed by atoms with Crippen LogP contribution in [0.25, 0.3) is 0 Å². The van der Waals surface area contributed by atoms with Gasteiger partial charge in [-0.2, -0.15) is 0 Å². The van der Waals surface area contributed by atoms with E-state index in [-0.39, 0.29) is 5.54 Å². The van der Waals surface area contributed by atoms with Gasteiger partial charge in [-0.15, -0.1) is 0 Å². The van der Waals surface area contributed by atoms with E-state index in [0.29, 0.717) is 6.10 Å². The van der Waals surface area contributed by atoms with Crippen molar-refractivity contribution in [2.75, 3.05) is 0 Å². The van der Waals surface area contributed by atoms with Crippen LogP contribution in [-0.2, 0) is 6.54 Å². The summed E-state index contributed by atoms with van der Waals surface area (Å²) in [5.41, 5.74) is 3.95. The zero-order valence-electron chi connectivity index (χ0n) is 14.3. The molecule has 2 nitrogen and oxygen atoms in total. The van der Waals surface area contributed by atoms with Crippen LogP contribution < -0.4 is 10.1 Å². The Morgan fingerprint density at radius 1 is 1.05 bits per heavy atom. The van der Waals surface area contributed by atoms with Crippen LogP contribution in [0.3, 0.4) is 0 Å². The molecule has 1 N–H and O–H groups in total. The SMILES string of the molecule is CCC(CC)Oc1c(C)cc(CNC(C)(C)C)cc1C. The summed E-state index contributed by atoms with van der Waals surface area (Å²) >= 11 is 0. The average molecular weight is 277 g/mol. The molecule has 0 bridgehead atoms. The van der Waals surface area contributed by atoms with Crippen molar-refractivity contribution < 1.29 is 4.74 Å². The second-order valence-corrected chi connectivity index (χ2v) is 6.72. The first-order valence-corrected chi connectivity index (χ1v) is 7.78. The third-order valence-electron chi connectivity index (χ3n) is 3.54. The molecule has 0 fully saturated rings. The van der Waals surface area contributed by atoms with E-state index in [1.165, 1.54) is 16.7 Å². The Bertz CT molecular complexity index is 405. The highest BCUT2D eigenvalue weighted by atomic mass is 16.5. The van der Waals surface area contributed by atoms with Gasteiger partial charge < -0.3 is 10.1 Å². The Balaban J connectivity index is 2.86. The second kappa shape index (κ2) is 7.12. The Hall–Kier alpha value is -1.02. The number of ether oxygens (including phenoxy) is 1. The van der Waals surface area contributed by atoms with Gasteiger partial charge in [0.2, 0.25) is 0 Å². The summed E-state index contributed by atoms with van der Waals surface area (Å²) in [6.07, 6.45) is 2.44. The fraction of sp³-hybridized carbons (Fsp3) is 0.667. The fourth-order valence-corrected chi connectivity index (χ4v) is 2.32. The standard InChI is InChI=1S/C18H31NO/c1-8-16(9-2)20-17-13(3)10-15(11-14(17)4)12-19-18(5,6)7/h10-11,16,19H,8-9,12H2,1-7H3. The van der Waals surface area contributed by atoms with Crippen LogP contribution >= 0.6 is 0 Å². The minimum absolute atomic E-state index is 0.145. The third-order valence-corrected chi connectivity index (χ3v) is 3.54. The normalized spacial score (nSPS) is 12.0. The van der Waals surface area contributed by atoms with Gasteiger partial charge in [0.05, 0.1) is 6.10 Å². The lowest BCUT2D eigenvalue weighted by atomic mass is 10.0. The van der Waals surface area contributed by atoms with Crippen LogP contribution in [0.1, 0.15) is 64.2 Å². The lowest BCUT2D eigenvalue weighted by molar-refractivity contribution is 0.190. The third kappa shape index (κ3) is 5.16. The predicted molar refractivity (Wildman–Crippen MR) is 87.5 cm³/mol. The lowest BCUT2D eigenvalue weighted by Crippen LogP contribution is -2.35. The van der Waals surface area contributed by atoms with Crippen LogP contribution in [-0.4, -0.2) is 11.6 Å². The number of hydrogen-bond donors (Lipinski definition) is 1. The molecule has 0 unspecified atom stereocenters. The van der Waals surface area contributed by atoms with Crippen LogP contribution in [0, 0.1) is 13.8 Å². The van der Waals surface area contributed by atoms with Crippen molar-refractivity contribution >= 4 is 0 Å². The molecule has 0 amide bonds. The van der Waals surface area contributed by atoms with Crippen molar-refractivity contribution in [1.82, 2.24) is 5.32 Å². The molecule has 0 aliphatic rings. The number of hydrogen-bond acceptors (Lipinski definition) is 2. The van der Waals surface area contributed by atoms with Crippen LogP contribution in [0.4, 0.5) is 0 Å². The van der Waals surface area contributed by atoms with Crippen molar-refractivity contribution in [2.45, 2.75) is 79.5 Å². The van der Waals surface area contributed by atoms with Gasteiger partial charge in [0, 0.05) is 12.1 Å². The molecular formula is C18H31NO. The van der Waals surface area contributed by atoms with Gasteiger partial charge >= 0.3 is 0 Å². The number of nitrogens with one attached hydrogen (secondary N) is 1. The van der Waals surface area contributed by atoms with Gasteiger partial charge in [-0.25, -0.2) is 0 Å². The van der Waals surface area contributed by atoms with E-state index >= 15 is 0 Å². The Kier molecular flexibility index (Phi) is 6.07. The first-order valence-electron chi connectivity index (χ1n) is 7.78. The van der Waals surface area contributed by atoms with Crippen molar-refractivity contribution in [3.8, 4) is 5.75 Å². The highest BCUT2D eigenvalue weighted by molar-refractivity contribution is 5.43. The summed E-state index contributed by atoms with van der Waals surface area (Å²) < 4.78 is 6.15. The van der Waals surface area contributed by atoms with E-state index in [0.717, 1.165) is 25.1 Å². The smallest absolute Gasteiger partial charge is 0.125 e. The summed E-state index contributed by atoms with van der Waals surface area (Å²) in [5, 5.41) is 3.53. The van der Waals surface area contributed by atoms with Crippen molar-refractivity contribution in [2.24, 2.45) is 0 Å². The minimum atomic E-state index is 0.145. The summed E-state index contributed by atoms with van der Waals surface area (Å²) in [5.74, 6) is 1.07. The molecular weight excluding hydrogens is 246 g/mol. The van der Waals surface area contributed by atoms with E-state index in [9.17, 15) is 0 Å². The van der Waals surface area contributed by atoms with Gasteiger partial charge in [-0.1, -0.05) is 26.0 Å². The molecule has 0 atom stereocenters. The zero-order valence-corrected chi connectivity index (χ0v) is 14.3. The highest BCUT2D eigenvalue weighted by Crippen LogP contribution is 2.27. The number of aryl methyl sites for hydroxylation is 2. The van der Waals surface area contributed by atoms with Crippen LogP contribution in [0.5, 0.6) is 5.75 Å². The topological polar surface area (TPSA) is 21.3 Å². The quantitative estimate of drug-likeness (QED) is 0.809. The molecule has 0 heterocycles. The van der Waals surface area contributed by atoms with Crippen LogP contribution in [0.2, 0.25) is 0 Å². The van der Waals surface area contributed by atoms with E-state index in [4.69, 9.17) is 4.74 Å². The summed E-state index contributed by atoms with van der Waals surface area (Å²) in [6.45, 7) is 16.1. The zero-order chi connectivity index (χ0) is 15.3. The van der Waals surface area contributed by atoms with E-state index in [1.807, 2.05) is 0 Å². The minimum Gasteiger partial charge on any atom is -0.490 e. The molecule has 0 saturated heterocycles. The summed E-state index contributed by atoms with van der Waals surface area (Å²) in [6, 6.07) is 4.48. The first kappa shape index (κ1) is 17.0. The molecule has 114 valence electrons. The number of rotatable bonds is 6. The van der Waals surface area contributed by atoms with E-state index in [2.05, 4.69) is 65.9 Å². The van der Waals surface area contributed by atoms with Gasteiger partial charge in [0.1, 0.15) is 5.75 Å². The maximum Gasteiger partial charge on any atom is 0.125 e. The molecule has 0 radical (unpaired) electrons. The Labute approximate surface area is 124 Å². The van der Waals surface area contributed by atoms with Crippen LogP contribution in [0.15, 0.2) is 12.1 Å². The largest absolute Gasteiger partial charge is 0.490 e. The van der Waals surface area contributed by atoms with Gasteiger partial charge in [-0.3, -0.25) is 0 Å². The molecule has 1 aromatic rings. The molecule has 0 aliphatic carbocycles. The predicted octanol–water partition coefficient (Wildman–Crippen LogP) is 4.76. The van der Waals surface area contributed by atoms with E-state index < -0.39 is 0 Å².